The molecule has 12 heteroatoms. The molecule has 1 aliphatic rings. The molecule has 4 rings (SSSR count). The maximum atomic E-state index is 12.9. The fourth-order valence-electron chi connectivity index (χ4n) is 3.35. The van der Waals surface area contributed by atoms with E-state index in [0.717, 1.165) is 16.8 Å². The number of thiophene rings is 1. The van der Waals surface area contributed by atoms with E-state index in [2.05, 4.69) is 10.7 Å². The third kappa shape index (κ3) is 6.52. The molecule has 1 aliphatic heterocycles. The molecule has 2 aromatic carbocycles. The van der Waals surface area contributed by atoms with Crippen molar-refractivity contribution < 1.29 is 28.6 Å². The van der Waals surface area contributed by atoms with E-state index < -0.39 is 11.8 Å². The van der Waals surface area contributed by atoms with Crippen LogP contribution in [0.5, 0.6) is 17.2 Å². The Morgan fingerprint density at radius 3 is 2.61 bits per heavy atom. The number of hydrogen-bond acceptors (Lipinski definition) is 9. The Balaban J connectivity index is 1.40. The van der Waals surface area contributed by atoms with Crippen LogP contribution >= 0.6 is 35.3 Å². The van der Waals surface area contributed by atoms with E-state index >= 15 is 0 Å². The highest BCUT2D eigenvalue weighted by Gasteiger charge is 2.34. The molecule has 1 saturated heterocycles. The summed E-state index contributed by atoms with van der Waals surface area (Å²) in [5, 5.41) is 5.60. The molecule has 1 aromatic heterocycles. The molecule has 0 spiro atoms. The van der Waals surface area contributed by atoms with Gasteiger partial charge in [-0.3, -0.25) is 19.8 Å². The number of carbonyl (C=O) groups excluding carboxylic acids is 3. The van der Waals surface area contributed by atoms with Gasteiger partial charge in [0.05, 0.1) is 29.2 Å². The number of rotatable bonds is 10. The van der Waals surface area contributed by atoms with E-state index in [0.29, 0.717) is 44.9 Å². The predicted octanol–water partition coefficient (Wildman–Crippen LogP) is 4.72. The van der Waals surface area contributed by atoms with Crippen molar-refractivity contribution in [1.29, 1.82) is 0 Å². The van der Waals surface area contributed by atoms with Gasteiger partial charge in [0.2, 0.25) is 0 Å². The number of nitrogens with one attached hydrogen (secondary N) is 2. The SMILES string of the molecule is CCOc1ccccc1NC(=O)COc1ccc(/C=C2/SC(=S)N(NC(=O)c3cccs3)C2=O)cc1OC. The number of carbonyl (C=O) groups is 3. The molecule has 0 bridgehead atoms. The topological polar surface area (TPSA) is 106 Å². The second-order valence-electron chi connectivity index (χ2n) is 7.61. The zero-order valence-corrected chi connectivity index (χ0v) is 22.8. The van der Waals surface area contributed by atoms with Crippen molar-refractivity contribution in [2.45, 2.75) is 6.92 Å². The van der Waals surface area contributed by atoms with E-state index in [1.54, 1.807) is 60.0 Å². The van der Waals surface area contributed by atoms with Crippen molar-refractivity contribution in [3.8, 4) is 17.2 Å². The molecular weight excluding hydrogens is 547 g/mol. The second-order valence-corrected chi connectivity index (χ2v) is 10.2. The molecular formula is C26H23N3O6S3. The number of anilines is 1. The van der Waals surface area contributed by atoms with Gasteiger partial charge < -0.3 is 19.5 Å². The predicted molar refractivity (Wildman–Crippen MR) is 152 cm³/mol. The number of ether oxygens (including phenoxy) is 3. The van der Waals surface area contributed by atoms with Crippen molar-refractivity contribution in [1.82, 2.24) is 10.4 Å². The van der Waals surface area contributed by atoms with Crippen LogP contribution in [0.15, 0.2) is 64.9 Å². The molecule has 0 atom stereocenters. The van der Waals surface area contributed by atoms with Crippen molar-refractivity contribution in [3.63, 3.8) is 0 Å². The molecule has 38 heavy (non-hydrogen) atoms. The number of thiocarbonyl (C=S) groups is 1. The molecule has 0 unspecified atom stereocenters. The summed E-state index contributed by atoms with van der Waals surface area (Å²) in [6.45, 7) is 2.09. The minimum absolute atomic E-state index is 0.218. The quantitative estimate of drug-likeness (QED) is 0.267. The van der Waals surface area contributed by atoms with Crippen LogP contribution in [0.2, 0.25) is 0 Å². The zero-order valence-electron chi connectivity index (χ0n) is 20.4. The zero-order chi connectivity index (χ0) is 27.1. The Hall–Kier alpha value is -3.87. The molecule has 0 radical (unpaired) electrons. The minimum Gasteiger partial charge on any atom is -0.493 e. The number of hydrogen-bond donors (Lipinski definition) is 2. The molecule has 0 saturated carbocycles. The summed E-state index contributed by atoms with van der Waals surface area (Å²) in [4.78, 5) is 38.5. The fraction of sp³-hybridized carbons (Fsp3) is 0.154. The van der Waals surface area contributed by atoms with Crippen LogP contribution in [0.4, 0.5) is 5.69 Å². The highest BCUT2D eigenvalue weighted by atomic mass is 32.2. The van der Waals surface area contributed by atoms with Crippen LogP contribution in [-0.4, -0.2) is 47.4 Å². The number of para-hydroxylation sites is 2. The van der Waals surface area contributed by atoms with Gasteiger partial charge in [0.25, 0.3) is 17.7 Å². The Kier molecular flexibility index (Phi) is 9.00. The van der Waals surface area contributed by atoms with Crippen LogP contribution in [0.25, 0.3) is 6.08 Å². The molecule has 2 N–H and O–H groups in total. The smallest absolute Gasteiger partial charge is 0.285 e. The van der Waals surface area contributed by atoms with E-state index in [9.17, 15) is 14.4 Å². The first-order valence-corrected chi connectivity index (χ1v) is 13.4. The van der Waals surface area contributed by atoms with Gasteiger partial charge in [-0.15, -0.1) is 11.3 Å². The molecule has 2 heterocycles. The van der Waals surface area contributed by atoms with Gasteiger partial charge in [-0.25, -0.2) is 0 Å². The maximum absolute atomic E-state index is 12.9. The standard InChI is InChI=1S/C26H23N3O6S3/c1-3-34-18-8-5-4-7-17(18)27-23(30)15-35-19-11-10-16(13-20(19)33-2)14-22-25(32)29(26(36)38-22)28-24(31)21-9-6-12-37-21/h4-14H,3,15H2,1-2H3,(H,27,30)(H,28,31)/b22-14+. The van der Waals surface area contributed by atoms with Gasteiger partial charge in [-0.05, 0) is 66.5 Å². The molecule has 0 aliphatic carbocycles. The summed E-state index contributed by atoms with van der Waals surface area (Å²) >= 11 is 7.62. The van der Waals surface area contributed by atoms with Crippen LogP contribution in [0.1, 0.15) is 22.2 Å². The lowest BCUT2D eigenvalue weighted by atomic mass is 10.2. The first kappa shape index (κ1) is 27.2. The van der Waals surface area contributed by atoms with Crippen LogP contribution < -0.4 is 25.0 Å². The Bertz CT molecular complexity index is 1390. The molecule has 3 aromatic rings. The van der Waals surface area contributed by atoms with Crippen LogP contribution in [0.3, 0.4) is 0 Å². The minimum atomic E-state index is -0.437. The largest absolute Gasteiger partial charge is 0.493 e. The number of amides is 3. The monoisotopic (exact) mass is 569 g/mol. The fourth-order valence-corrected chi connectivity index (χ4v) is 5.15. The highest BCUT2D eigenvalue weighted by Crippen LogP contribution is 2.34. The molecule has 1 fully saturated rings. The normalized spacial score (nSPS) is 13.9. The third-order valence-electron chi connectivity index (χ3n) is 5.06. The van der Waals surface area contributed by atoms with Gasteiger partial charge in [-0.1, -0.05) is 36.0 Å². The third-order valence-corrected chi connectivity index (χ3v) is 7.23. The van der Waals surface area contributed by atoms with E-state index in [4.69, 9.17) is 26.4 Å². The molecule has 3 amide bonds. The van der Waals surface area contributed by atoms with Crippen molar-refractivity contribution in [2.75, 3.05) is 25.6 Å². The van der Waals surface area contributed by atoms with Crippen LogP contribution in [0, 0.1) is 0 Å². The Morgan fingerprint density at radius 1 is 1.05 bits per heavy atom. The van der Waals surface area contributed by atoms with Gasteiger partial charge in [0, 0.05) is 0 Å². The number of thioether (sulfide) groups is 1. The van der Waals surface area contributed by atoms with Gasteiger partial charge >= 0.3 is 0 Å². The first-order chi connectivity index (χ1) is 18.4. The Morgan fingerprint density at radius 2 is 1.87 bits per heavy atom. The van der Waals surface area contributed by atoms with Crippen LogP contribution in [-0.2, 0) is 9.59 Å². The summed E-state index contributed by atoms with van der Waals surface area (Å²) < 4.78 is 16.8. The van der Waals surface area contributed by atoms with Crippen molar-refractivity contribution in [2.24, 2.45) is 0 Å². The van der Waals surface area contributed by atoms with Gasteiger partial charge in [-0.2, -0.15) is 5.01 Å². The average molecular weight is 570 g/mol. The number of nitrogens with zero attached hydrogens (tertiary/aromatic N) is 1. The van der Waals surface area contributed by atoms with Gasteiger partial charge in [0.15, 0.2) is 22.4 Å². The second kappa shape index (κ2) is 12.6. The van der Waals surface area contributed by atoms with E-state index in [1.807, 2.05) is 13.0 Å². The summed E-state index contributed by atoms with van der Waals surface area (Å²) in [6.07, 6.45) is 1.64. The number of hydrazine groups is 1. The number of methoxy groups -OCH3 is 1. The summed E-state index contributed by atoms with van der Waals surface area (Å²) in [6, 6.07) is 15.6. The van der Waals surface area contributed by atoms with E-state index in [1.165, 1.54) is 18.4 Å². The summed E-state index contributed by atoms with van der Waals surface area (Å²) in [5.41, 5.74) is 3.74. The van der Waals surface area contributed by atoms with Gasteiger partial charge in [0.1, 0.15) is 5.75 Å². The molecule has 9 nitrogen and oxygen atoms in total. The average Bonchev–Trinajstić information content (AvgIpc) is 3.54. The van der Waals surface area contributed by atoms with Crippen molar-refractivity contribution in [3.05, 3.63) is 75.3 Å². The van der Waals surface area contributed by atoms with E-state index in [-0.39, 0.29) is 16.8 Å². The number of benzene rings is 2. The lowest BCUT2D eigenvalue weighted by molar-refractivity contribution is -0.123. The lowest BCUT2D eigenvalue weighted by Crippen LogP contribution is -2.44. The molecule has 196 valence electrons. The maximum Gasteiger partial charge on any atom is 0.285 e. The summed E-state index contributed by atoms with van der Waals surface area (Å²) in [5.74, 6) is 0.0917. The summed E-state index contributed by atoms with van der Waals surface area (Å²) in [7, 11) is 1.48. The Labute approximate surface area is 232 Å². The highest BCUT2D eigenvalue weighted by molar-refractivity contribution is 8.26. The lowest BCUT2D eigenvalue weighted by Gasteiger charge is -2.14. The van der Waals surface area contributed by atoms with Crippen molar-refractivity contribution >= 4 is 69.1 Å². The first-order valence-electron chi connectivity index (χ1n) is 11.3.